The number of aromatic amines is 2. The molecular weight excluding hydrogens is 452 g/mol. The minimum atomic E-state index is -0.666. The largest absolute Gasteiger partial charge is 0.383 e. The van der Waals surface area contributed by atoms with E-state index in [0.29, 0.717) is 29.7 Å². The lowest BCUT2D eigenvalue weighted by Crippen LogP contribution is -2.42. The molecule has 0 aliphatic carbocycles. The Bertz CT molecular complexity index is 1230. The van der Waals surface area contributed by atoms with Crippen molar-refractivity contribution in [3.63, 3.8) is 0 Å². The van der Waals surface area contributed by atoms with Crippen LogP contribution in [0.1, 0.15) is 33.6 Å². The maximum atomic E-state index is 13.2. The van der Waals surface area contributed by atoms with Crippen LogP contribution < -0.4 is 21.9 Å². The van der Waals surface area contributed by atoms with Crippen molar-refractivity contribution in [2.24, 2.45) is 5.92 Å². The third-order valence-electron chi connectivity index (χ3n) is 4.82. The second kappa shape index (κ2) is 10.3. The second-order valence-electron chi connectivity index (χ2n) is 7.89. The number of halogens is 1. The van der Waals surface area contributed by atoms with Crippen LogP contribution in [0.5, 0.6) is 0 Å². The molecule has 3 aromatic rings. The van der Waals surface area contributed by atoms with Crippen LogP contribution in [-0.2, 0) is 11.3 Å². The zero-order valence-electron chi connectivity index (χ0n) is 18.3. The zero-order chi connectivity index (χ0) is 23.4. The molecule has 1 aromatic carbocycles. The molecule has 32 heavy (non-hydrogen) atoms. The first-order valence-electron chi connectivity index (χ1n) is 10.4. The summed E-state index contributed by atoms with van der Waals surface area (Å²) in [6.45, 7) is 6.52. The molecule has 0 aliphatic rings. The highest BCUT2D eigenvalue weighted by molar-refractivity contribution is 7.99. The highest BCUT2D eigenvalue weighted by Gasteiger charge is 2.24. The van der Waals surface area contributed by atoms with E-state index in [0.717, 1.165) is 17.5 Å². The van der Waals surface area contributed by atoms with Gasteiger partial charge in [0.05, 0.1) is 16.8 Å². The minimum absolute atomic E-state index is 0.000261. The fourth-order valence-corrected chi connectivity index (χ4v) is 4.23. The molecule has 4 N–H and O–H groups in total. The summed E-state index contributed by atoms with van der Waals surface area (Å²) in [5.74, 6) is -0.126. The van der Waals surface area contributed by atoms with Gasteiger partial charge in [0.25, 0.3) is 5.56 Å². The number of imidazole rings is 1. The fourth-order valence-electron chi connectivity index (χ4n) is 3.30. The van der Waals surface area contributed by atoms with E-state index in [9.17, 15) is 14.4 Å². The number of unbranched alkanes of at least 4 members (excludes halogenated alkanes) is 1. The number of anilines is 2. The molecule has 0 radical (unpaired) electrons. The summed E-state index contributed by atoms with van der Waals surface area (Å²) in [4.78, 5) is 49.4. The van der Waals surface area contributed by atoms with Crippen molar-refractivity contribution in [2.45, 2.75) is 45.3 Å². The Hall–Kier alpha value is -2.72. The minimum Gasteiger partial charge on any atom is -0.383 e. The van der Waals surface area contributed by atoms with Crippen LogP contribution in [0.15, 0.2) is 32.9 Å². The molecule has 2 heterocycles. The Morgan fingerprint density at radius 2 is 2.06 bits per heavy atom. The van der Waals surface area contributed by atoms with Crippen molar-refractivity contribution < 1.29 is 4.79 Å². The average Bonchev–Trinajstić information content (AvgIpc) is 3.13. The normalized spacial score (nSPS) is 11.4. The van der Waals surface area contributed by atoms with Crippen LogP contribution in [0, 0.1) is 5.92 Å². The number of carbonyl (C=O) groups is 1. The highest BCUT2D eigenvalue weighted by Crippen LogP contribution is 2.24. The van der Waals surface area contributed by atoms with E-state index >= 15 is 0 Å². The molecule has 0 aliphatic heterocycles. The van der Waals surface area contributed by atoms with Crippen LogP contribution in [-0.4, -0.2) is 37.7 Å². The first kappa shape index (κ1) is 23.9. The predicted octanol–water partition coefficient (Wildman–Crippen LogP) is 3.23. The first-order chi connectivity index (χ1) is 15.2. The SMILES string of the molecule is CCCCN(C(=O)CSc1nc2ccc(Cl)cc2[nH]1)c1c(N)n(CC(C)C)c(=O)[nH]c1=O. The van der Waals surface area contributed by atoms with E-state index < -0.39 is 11.2 Å². The summed E-state index contributed by atoms with van der Waals surface area (Å²) >= 11 is 7.24. The number of benzene rings is 1. The number of nitrogen functional groups attached to an aromatic ring is 1. The van der Waals surface area contributed by atoms with Crippen LogP contribution in [0.2, 0.25) is 5.02 Å². The number of amides is 1. The molecule has 1 amide bonds. The van der Waals surface area contributed by atoms with Gasteiger partial charge >= 0.3 is 5.69 Å². The van der Waals surface area contributed by atoms with Gasteiger partial charge in [-0.05, 0) is 30.5 Å². The third-order valence-corrected chi connectivity index (χ3v) is 5.92. The number of hydrogen-bond acceptors (Lipinski definition) is 6. The Labute approximate surface area is 194 Å². The number of carbonyl (C=O) groups excluding carboxylic acids is 1. The standard InChI is InChI=1S/C21H27ClN6O3S/c1-4-5-8-27(17-18(23)28(10-12(2)3)21(31)26-19(17)30)16(29)11-32-20-24-14-7-6-13(22)9-15(14)25-20/h6-7,9,12H,4-5,8,10-11,23H2,1-3H3,(H,24,25)(H,26,30,31). The van der Waals surface area contributed by atoms with Crippen LogP contribution in [0.25, 0.3) is 11.0 Å². The maximum Gasteiger partial charge on any atom is 0.330 e. The van der Waals surface area contributed by atoms with E-state index in [1.165, 1.54) is 21.2 Å². The summed E-state index contributed by atoms with van der Waals surface area (Å²) < 4.78 is 1.31. The van der Waals surface area contributed by atoms with Crippen molar-refractivity contribution in [1.82, 2.24) is 19.5 Å². The molecule has 3 rings (SSSR count). The van der Waals surface area contributed by atoms with Gasteiger partial charge in [-0.1, -0.05) is 50.6 Å². The number of nitrogens with zero attached hydrogens (tertiary/aromatic N) is 3. The van der Waals surface area contributed by atoms with E-state index in [4.69, 9.17) is 17.3 Å². The molecule has 2 aromatic heterocycles. The van der Waals surface area contributed by atoms with Crippen LogP contribution in [0.3, 0.4) is 0 Å². The van der Waals surface area contributed by atoms with E-state index in [1.54, 1.807) is 18.2 Å². The number of nitrogens with one attached hydrogen (secondary N) is 2. The fraction of sp³-hybridized carbons (Fsp3) is 0.429. The molecule has 0 saturated carbocycles. The Morgan fingerprint density at radius 1 is 1.31 bits per heavy atom. The van der Waals surface area contributed by atoms with Gasteiger partial charge in [-0.2, -0.15) is 0 Å². The summed E-state index contributed by atoms with van der Waals surface area (Å²) in [6.07, 6.45) is 1.51. The van der Waals surface area contributed by atoms with Gasteiger partial charge in [0.2, 0.25) is 5.91 Å². The monoisotopic (exact) mass is 478 g/mol. The number of rotatable bonds is 9. The number of nitrogens with two attached hydrogens (primary N) is 1. The molecule has 0 spiro atoms. The van der Waals surface area contributed by atoms with Crippen molar-refractivity contribution in [3.05, 3.63) is 44.1 Å². The summed E-state index contributed by atoms with van der Waals surface area (Å²) in [5.41, 5.74) is 6.51. The molecule has 11 heteroatoms. The van der Waals surface area contributed by atoms with Gasteiger partial charge in [-0.3, -0.25) is 19.1 Å². The lowest BCUT2D eigenvalue weighted by Gasteiger charge is -2.24. The Morgan fingerprint density at radius 3 is 2.75 bits per heavy atom. The molecule has 0 saturated heterocycles. The van der Waals surface area contributed by atoms with Gasteiger partial charge in [0.1, 0.15) is 5.82 Å². The second-order valence-corrected chi connectivity index (χ2v) is 9.29. The van der Waals surface area contributed by atoms with Gasteiger partial charge in [0, 0.05) is 18.1 Å². The first-order valence-corrected chi connectivity index (χ1v) is 11.8. The summed E-state index contributed by atoms with van der Waals surface area (Å²) in [7, 11) is 0. The van der Waals surface area contributed by atoms with Crippen molar-refractivity contribution in [3.8, 4) is 0 Å². The van der Waals surface area contributed by atoms with Crippen molar-refractivity contribution in [2.75, 3.05) is 22.9 Å². The summed E-state index contributed by atoms with van der Waals surface area (Å²) in [5, 5.41) is 1.16. The van der Waals surface area contributed by atoms with E-state index in [2.05, 4.69) is 15.0 Å². The lowest BCUT2D eigenvalue weighted by molar-refractivity contribution is -0.116. The molecule has 172 valence electrons. The molecule has 0 bridgehead atoms. The van der Waals surface area contributed by atoms with E-state index in [-0.39, 0.29) is 29.1 Å². The molecular formula is C21H27ClN6O3S. The number of hydrogen-bond donors (Lipinski definition) is 3. The number of thioether (sulfide) groups is 1. The smallest absolute Gasteiger partial charge is 0.330 e. The van der Waals surface area contributed by atoms with E-state index in [1.807, 2.05) is 20.8 Å². The topological polar surface area (TPSA) is 130 Å². The van der Waals surface area contributed by atoms with Gasteiger partial charge in [-0.25, -0.2) is 9.78 Å². The van der Waals surface area contributed by atoms with Gasteiger partial charge < -0.3 is 15.6 Å². The lowest BCUT2D eigenvalue weighted by atomic mass is 10.2. The molecule has 0 atom stereocenters. The van der Waals surface area contributed by atoms with Gasteiger partial charge in [-0.15, -0.1) is 0 Å². The number of H-pyrrole nitrogens is 2. The summed E-state index contributed by atoms with van der Waals surface area (Å²) in [6, 6.07) is 5.31. The quantitative estimate of drug-likeness (QED) is 0.405. The Kier molecular flexibility index (Phi) is 7.68. The number of fused-ring (bicyclic) bond motifs is 1. The zero-order valence-corrected chi connectivity index (χ0v) is 19.8. The van der Waals surface area contributed by atoms with Crippen molar-refractivity contribution in [1.29, 1.82) is 0 Å². The highest BCUT2D eigenvalue weighted by atomic mass is 35.5. The van der Waals surface area contributed by atoms with Crippen LogP contribution in [0.4, 0.5) is 11.5 Å². The molecule has 9 nitrogen and oxygen atoms in total. The maximum absolute atomic E-state index is 13.2. The average molecular weight is 479 g/mol. The Balaban J connectivity index is 1.89. The third kappa shape index (κ3) is 5.36. The predicted molar refractivity (Wildman–Crippen MR) is 130 cm³/mol. The van der Waals surface area contributed by atoms with Crippen molar-refractivity contribution >= 4 is 51.8 Å². The van der Waals surface area contributed by atoms with Crippen LogP contribution >= 0.6 is 23.4 Å². The molecule has 0 unspecified atom stereocenters. The van der Waals surface area contributed by atoms with Gasteiger partial charge in [0.15, 0.2) is 10.8 Å². The molecule has 0 fully saturated rings. The number of aromatic nitrogens is 4.